The Morgan fingerprint density at radius 2 is 2.03 bits per heavy atom. The van der Waals surface area contributed by atoms with Crippen LogP contribution in [0.5, 0.6) is 0 Å². The van der Waals surface area contributed by atoms with Gasteiger partial charge in [-0.1, -0.05) is 55.1 Å². The molecule has 0 fully saturated rings. The van der Waals surface area contributed by atoms with E-state index < -0.39 is 0 Å². The van der Waals surface area contributed by atoms with Crippen molar-refractivity contribution in [1.29, 1.82) is 0 Å². The van der Waals surface area contributed by atoms with Gasteiger partial charge in [-0.2, -0.15) is 4.68 Å². The summed E-state index contributed by atoms with van der Waals surface area (Å²) < 4.78 is 1.53. The van der Waals surface area contributed by atoms with Crippen LogP contribution >= 0.6 is 11.6 Å². The number of imidazole rings is 1. The van der Waals surface area contributed by atoms with E-state index in [0.29, 0.717) is 5.02 Å². The molecule has 2 N–H and O–H groups in total. The molecule has 0 saturated heterocycles. The van der Waals surface area contributed by atoms with Crippen LogP contribution in [0.3, 0.4) is 0 Å². The second-order valence-electron chi connectivity index (χ2n) is 8.64. The molecular weight excluding hydrogens is 462 g/mol. The highest BCUT2D eigenvalue weighted by Crippen LogP contribution is 2.28. The van der Waals surface area contributed by atoms with Crippen LogP contribution in [0.2, 0.25) is 5.02 Å². The first-order valence-electron chi connectivity index (χ1n) is 11.8. The molecule has 4 aromatic rings. The summed E-state index contributed by atoms with van der Waals surface area (Å²) in [6.07, 6.45) is 12.9. The van der Waals surface area contributed by atoms with Crippen LogP contribution in [0, 0.1) is 0 Å². The lowest BCUT2D eigenvalue weighted by molar-refractivity contribution is -0.117. The molecule has 1 aliphatic heterocycles. The molecule has 0 radical (unpaired) electrons. The highest BCUT2D eigenvalue weighted by atomic mass is 35.5. The maximum atomic E-state index is 12.9. The van der Waals surface area contributed by atoms with Crippen LogP contribution in [0.15, 0.2) is 61.1 Å². The third-order valence-corrected chi connectivity index (χ3v) is 6.47. The highest BCUT2D eigenvalue weighted by Gasteiger charge is 2.19. The second-order valence-corrected chi connectivity index (χ2v) is 9.08. The number of tetrazole rings is 1. The number of H-pyrrole nitrogens is 1. The Bertz CT molecular complexity index is 1330. The van der Waals surface area contributed by atoms with E-state index in [1.165, 1.54) is 34.6 Å². The van der Waals surface area contributed by atoms with Crippen LogP contribution in [0.1, 0.15) is 55.1 Å². The average molecular weight is 488 g/mol. The molecule has 35 heavy (non-hydrogen) atoms. The fourth-order valence-corrected chi connectivity index (χ4v) is 4.65. The zero-order valence-corrected chi connectivity index (χ0v) is 19.9. The van der Waals surface area contributed by atoms with Gasteiger partial charge in [0.25, 0.3) is 0 Å². The van der Waals surface area contributed by atoms with Crippen molar-refractivity contribution in [2.24, 2.45) is 0 Å². The Labute approximate surface area is 208 Å². The van der Waals surface area contributed by atoms with E-state index in [-0.39, 0.29) is 11.9 Å². The summed E-state index contributed by atoms with van der Waals surface area (Å²) in [5, 5.41) is 15.0. The molecule has 0 spiro atoms. The molecule has 9 heteroatoms. The van der Waals surface area contributed by atoms with E-state index in [9.17, 15) is 4.79 Å². The largest absolute Gasteiger partial charge is 0.343 e. The maximum Gasteiger partial charge on any atom is 0.244 e. The molecule has 8 nitrogen and oxygen atoms in total. The van der Waals surface area contributed by atoms with Crippen molar-refractivity contribution in [3.63, 3.8) is 0 Å². The van der Waals surface area contributed by atoms with Gasteiger partial charge >= 0.3 is 0 Å². The fourth-order valence-electron chi connectivity index (χ4n) is 4.47. The number of fused-ring (bicyclic) bond motifs is 4. The molecular formula is C26H26ClN7O. The molecule has 1 aliphatic rings. The third-order valence-electron chi connectivity index (χ3n) is 6.24. The molecule has 0 unspecified atom stereocenters. The van der Waals surface area contributed by atoms with Gasteiger partial charge in [-0.05, 0) is 59.5 Å². The number of aryl methyl sites for hydroxylation is 1. The molecule has 2 bridgehead atoms. The second kappa shape index (κ2) is 10.7. The van der Waals surface area contributed by atoms with Crippen molar-refractivity contribution in [3.05, 3.63) is 83.0 Å². The first kappa shape index (κ1) is 23.0. The van der Waals surface area contributed by atoms with Gasteiger partial charge < -0.3 is 10.3 Å². The number of nitrogens with zero attached hydrogens (tertiary/aromatic N) is 5. The minimum atomic E-state index is -0.205. The lowest BCUT2D eigenvalue weighted by Gasteiger charge is -2.17. The van der Waals surface area contributed by atoms with Crippen LogP contribution in [0.25, 0.3) is 23.0 Å². The molecule has 5 rings (SSSR count). The maximum absolute atomic E-state index is 12.9. The first-order chi connectivity index (χ1) is 17.2. The van der Waals surface area contributed by atoms with Crippen molar-refractivity contribution in [2.75, 3.05) is 0 Å². The predicted octanol–water partition coefficient (Wildman–Crippen LogP) is 5.08. The van der Waals surface area contributed by atoms with Gasteiger partial charge in [-0.15, -0.1) is 5.10 Å². The van der Waals surface area contributed by atoms with Gasteiger partial charge in [0.1, 0.15) is 12.2 Å². The van der Waals surface area contributed by atoms with Gasteiger partial charge in [-0.3, -0.25) is 4.79 Å². The molecule has 2 aromatic carbocycles. The van der Waals surface area contributed by atoms with Crippen molar-refractivity contribution in [3.8, 4) is 16.9 Å². The normalized spacial score (nSPS) is 16.3. The van der Waals surface area contributed by atoms with Gasteiger partial charge in [0, 0.05) is 22.2 Å². The van der Waals surface area contributed by atoms with Crippen LogP contribution in [-0.2, 0) is 11.2 Å². The number of carbonyl (C=O) groups excluding carboxylic acids is 1. The molecule has 178 valence electrons. The molecule has 0 saturated carbocycles. The lowest BCUT2D eigenvalue weighted by atomic mass is 9.98. The SMILES string of the molecule is O=C(C=Cc1cc(Cl)ccc1-n1cnnn1)N[C@H]1CCCCCCc2ccccc2-c2cnc1[nH]2. The molecule has 1 atom stereocenters. The zero-order valence-electron chi connectivity index (χ0n) is 19.2. The van der Waals surface area contributed by atoms with E-state index in [4.69, 9.17) is 11.6 Å². The summed E-state index contributed by atoms with van der Waals surface area (Å²) in [5.41, 5.74) is 4.94. The number of rotatable bonds is 4. The minimum absolute atomic E-state index is 0.203. The van der Waals surface area contributed by atoms with E-state index in [0.717, 1.165) is 54.9 Å². The van der Waals surface area contributed by atoms with Gasteiger partial charge in [0.05, 0.1) is 23.6 Å². The summed E-state index contributed by atoms with van der Waals surface area (Å²) in [6, 6.07) is 13.6. The van der Waals surface area contributed by atoms with E-state index in [1.54, 1.807) is 18.2 Å². The Morgan fingerprint density at radius 1 is 1.14 bits per heavy atom. The smallest absolute Gasteiger partial charge is 0.244 e. The molecule has 0 aliphatic carbocycles. The van der Waals surface area contributed by atoms with E-state index in [2.05, 4.69) is 55.1 Å². The van der Waals surface area contributed by atoms with Crippen LogP contribution in [0.4, 0.5) is 0 Å². The highest BCUT2D eigenvalue weighted by molar-refractivity contribution is 6.30. The lowest BCUT2D eigenvalue weighted by Crippen LogP contribution is -2.27. The van der Waals surface area contributed by atoms with E-state index >= 15 is 0 Å². The Kier molecular flexibility index (Phi) is 6.99. The quantitative estimate of drug-likeness (QED) is 0.391. The standard InChI is InChI=1S/C26H26ClN7O/c27-20-12-13-24(34-17-29-32-33-34)19(15-20)11-14-25(35)30-22-10-4-2-1-3-7-18-8-5-6-9-21(18)23-16-28-26(22)31-23/h5-6,8-9,11-17,22H,1-4,7,10H2,(H,28,31)(H,30,35)/t22-/m0/s1. The van der Waals surface area contributed by atoms with Crippen LogP contribution in [-0.4, -0.2) is 36.1 Å². The third kappa shape index (κ3) is 5.49. The molecule has 1 amide bonds. The van der Waals surface area contributed by atoms with Crippen molar-refractivity contribution in [1.82, 2.24) is 35.5 Å². The number of benzene rings is 2. The fraction of sp³-hybridized carbons (Fsp3) is 0.269. The summed E-state index contributed by atoms with van der Waals surface area (Å²) >= 11 is 6.19. The summed E-state index contributed by atoms with van der Waals surface area (Å²) in [7, 11) is 0. The average Bonchev–Trinajstić information content (AvgIpc) is 3.57. The summed E-state index contributed by atoms with van der Waals surface area (Å²) in [4.78, 5) is 21.0. The summed E-state index contributed by atoms with van der Waals surface area (Å²) in [5.74, 6) is 0.567. The zero-order chi connectivity index (χ0) is 24.0. The Morgan fingerprint density at radius 3 is 2.91 bits per heavy atom. The molecule has 2 aromatic heterocycles. The van der Waals surface area contributed by atoms with Gasteiger partial charge in [0.2, 0.25) is 5.91 Å². The minimum Gasteiger partial charge on any atom is -0.343 e. The number of hydrogen-bond donors (Lipinski definition) is 2. The number of hydrogen-bond acceptors (Lipinski definition) is 5. The molecule has 3 heterocycles. The number of amides is 1. The summed E-state index contributed by atoms with van der Waals surface area (Å²) in [6.45, 7) is 0. The first-order valence-corrected chi connectivity index (χ1v) is 12.2. The van der Waals surface area contributed by atoms with Crippen molar-refractivity contribution < 1.29 is 4.79 Å². The number of carbonyl (C=O) groups is 1. The predicted molar refractivity (Wildman–Crippen MR) is 135 cm³/mol. The topological polar surface area (TPSA) is 101 Å². The van der Waals surface area contributed by atoms with Gasteiger partial charge in [-0.25, -0.2) is 4.98 Å². The number of aromatic nitrogens is 6. The van der Waals surface area contributed by atoms with Crippen molar-refractivity contribution in [2.45, 2.75) is 44.6 Å². The van der Waals surface area contributed by atoms with Crippen LogP contribution < -0.4 is 5.32 Å². The van der Waals surface area contributed by atoms with Gasteiger partial charge in [0.15, 0.2) is 0 Å². The van der Waals surface area contributed by atoms with Crippen molar-refractivity contribution >= 4 is 23.6 Å². The Balaban J connectivity index is 1.37. The monoisotopic (exact) mass is 487 g/mol. The van der Waals surface area contributed by atoms with E-state index in [1.807, 2.05) is 12.3 Å². The number of nitrogens with one attached hydrogen (secondary N) is 2. The number of halogens is 1. The Hall–Kier alpha value is -3.78. The number of aromatic amines is 1.